The Bertz CT molecular complexity index is 999. The van der Waals surface area contributed by atoms with Gasteiger partial charge in [0.2, 0.25) is 15.9 Å². The Hall–Kier alpha value is -1.89. The first-order valence-corrected chi connectivity index (χ1v) is 11.1. The summed E-state index contributed by atoms with van der Waals surface area (Å²) in [5.41, 5.74) is 2.17. The number of benzene rings is 2. The molecule has 28 heavy (non-hydrogen) atoms. The minimum atomic E-state index is -3.68. The molecule has 5 nitrogen and oxygen atoms in total. The first-order chi connectivity index (χ1) is 13.0. The van der Waals surface area contributed by atoms with Gasteiger partial charge in [0.05, 0.1) is 4.90 Å². The second-order valence-electron chi connectivity index (χ2n) is 8.09. The van der Waals surface area contributed by atoms with Gasteiger partial charge < -0.3 is 4.90 Å². The van der Waals surface area contributed by atoms with E-state index in [1.807, 2.05) is 27.7 Å². The fourth-order valence-corrected chi connectivity index (χ4v) is 4.57. The molecule has 0 aromatic heterocycles. The van der Waals surface area contributed by atoms with Crippen LogP contribution in [0.4, 0.5) is 5.69 Å². The highest BCUT2D eigenvalue weighted by molar-refractivity contribution is 7.89. The topological polar surface area (TPSA) is 66.5 Å². The molecule has 0 saturated heterocycles. The van der Waals surface area contributed by atoms with Gasteiger partial charge in [0, 0.05) is 35.1 Å². The van der Waals surface area contributed by atoms with Gasteiger partial charge in [0.25, 0.3) is 0 Å². The number of carbonyl (C=O) groups is 1. The van der Waals surface area contributed by atoms with Gasteiger partial charge >= 0.3 is 0 Å². The molecule has 0 atom stereocenters. The molecular weight excluding hydrogens is 396 g/mol. The van der Waals surface area contributed by atoms with Crippen LogP contribution in [0.2, 0.25) is 5.02 Å². The number of hydrogen-bond acceptors (Lipinski definition) is 3. The highest BCUT2D eigenvalue weighted by Crippen LogP contribution is 2.42. The van der Waals surface area contributed by atoms with Crippen molar-refractivity contribution in [3.05, 3.63) is 58.6 Å². The number of fused-ring (bicyclic) bond motifs is 1. The van der Waals surface area contributed by atoms with Crippen LogP contribution in [0.3, 0.4) is 0 Å². The maximum absolute atomic E-state index is 12.8. The molecule has 0 bridgehead atoms. The van der Waals surface area contributed by atoms with Crippen molar-refractivity contribution in [3.63, 3.8) is 0 Å². The van der Waals surface area contributed by atoms with Crippen LogP contribution < -0.4 is 9.62 Å². The summed E-state index contributed by atoms with van der Waals surface area (Å²) in [5.74, 6) is -0.0745. The number of carbonyl (C=O) groups excluding carboxylic acids is 1. The number of rotatable bonds is 5. The Morgan fingerprint density at radius 3 is 2.43 bits per heavy atom. The fraction of sp³-hybridized carbons (Fsp3) is 0.381. The van der Waals surface area contributed by atoms with Crippen LogP contribution in [0.15, 0.2) is 47.4 Å². The third-order valence-corrected chi connectivity index (χ3v) is 6.64. The predicted octanol–water partition coefficient (Wildman–Crippen LogP) is 4.10. The van der Waals surface area contributed by atoms with Crippen LogP contribution in [0.1, 0.15) is 38.8 Å². The van der Waals surface area contributed by atoms with Crippen LogP contribution in [0.5, 0.6) is 0 Å². The van der Waals surface area contributed by atoms with Crippen molar-refractivity contribution in [1.29, 1.82) is 0 Å². The van der Waals surface area contributed by atoms with E-state index in [1.54, 1.807) is 47.4 Å². The first kappa shape index (κ1) is 20.8. The van der Waals surface area contributed by atoms with Gasteiger partial charge in [0.1, 0.15) is 0 Å². The second kappa shape index (κ2) is 7.50. The van der Waals surface area contributed by atoms with Crippen LogP contribution in [0.25, 0.3) is 0 Å². The van der Waals surface area contributed by atoms with Crippen LogP contribution >= 0.6 is 11.6 Å². The zero-order valence-corrected chi connectivity index (χ0v) is 18.1. The fourth-order valence-electron chi connectivity index (χ4n) is 3.40. The molecule has 3 rings (SSSR count). The third kappa shape index (κ3) is 4.09. The van der Waals surface area contributed by atoms with Gasteiger partial charge in [0.15, 0.2) is 0 Å². The lowest BCUT2D eigenvalue weighted by molar-refractivity contribution is -0.121. The predicted molar refractivity (Wildman–Crippen MR) is 112 cm³/mol. The van der Waals surface area contributed by atoms with E-state index >= 15 is 0 Å². The average Bonchev–Trinajstić information content (AvgIpc) is 2.91. The molecule has 1 aliphatic rings. The molecule has 2 aromatic rings. The van der Waals surface area contributed by atoms with E-state index in [-0.39, 0.29) is 28.7 Å². The Balaban J connectivity index is 1.87. The summed E-state index contributed by atoms with van der Waals surface area (Å²) in [6, 6.07) is 12.0. The van der Waals surface area contributed by atoms with Gasteiger partial charge in [-0.25, -0.2) is 13.1 Å². The summed E-state index contributed by atoms with van der Waals surface area (Å²) in [7, 11) is -3.68. The summed E-state index contributed by atoms with van der Waals surface area (Å²) in [6.45, 7) is 8.51. The molecule has 0 aliphatic carbocycles. The Morgan fingerprint density at radius 1 is 1.18 bits per heavy atom. The first-order valence-electron chi connectivity index (χ1n) is 9.21. The van der Waals surface area contributed by atoms with Crippen LogP contribution in [-0.4, -0.2) is 20.9 Å². The van der Waals surface area contributed by atoms with Gasteiger partial charge in [-0.15, -0.1) is 0 Å². The molecule has 0 saturated carbocycles. The number of anilines is 1. The van der Waals surface area contributed by atoms with Crippen molar-refractivity contribution in [2.75, 3.05) is 11.4 Å². The SMILES string of the molecule is CC(C)C(=O)N1CC(C)(C)c2cc(S(=O)(=O)NCc3ccc(Cl)cc3)ccc21. The van der Waals surface area contributed by atoms with E-state index in [9.17, 15) is 13.2 Å². The Morgan fingerprint density at radius 2 is 1.82 bits per heavy atom. The van der Waals surface area contributed by atoms with Crippen molar-refractivity contribution in [2.24, 2.45) is 5.92 Å². The molecule has 150 valence electrons. The quantitative estimate of drug-likeness (QED) is 0.791. The van der Waals surface area contributed by atoms with Crippen molar-refractivity contribution in [3.8, 4) is 0 Å². The molecule has 1 amide bonds. The summed E-state index contributed by atoms with van der Waals surface area (Å²) in [4.78, 5) is 14.5. The smallest absolute Gasteiger partial charge is 0.240 e. The zero-order chi connectivity index (χ0) is 20.7. The standard InChI is InChI=1S/C21H25ClN2O3S/c1-14(2)20(25)24-13-21(3,4)18-11-17(9-10-19(18)24)28(26,27)23-12-15-5-7-16(22)8-6-15/h5-11,14,23H,12-13H2,1-4H3. The zero-order valence-electron chi connectivity index (χ0n) is 16.5. The van der Waals surface area contributed by atoms with Gasteiger partial charge in [-0.1, -0.05) is 51.4 Å². The minimum absolute atomic E-state index is 0.0447. The molecule has 0 fully saturated rings. The monoisotopic (exact) mass is 420 g/mol. The van der Waals surface area contributed by atoms with Crippen molar-refractivity contribution < 1.29 is 13.2 Å². The lowest BCUT2D eigenvalue weighted by Crippen LogP contribution is -2.36. The Kier molecular flexibility index (Phi) is 5.58. The van der Waals surface area contributed by atoms with Crippen molar-refractivity contribution >= 4 is 33.2 Å². The Labute approximate surface area is 171 Å². The van der Waals surface area contributed by atoms with E-state index in [0.717, 1.165) is 16.8 Å². The van der Waals surface area contributed by atoms with Crippen molar-refractivity contribution in [2.45, 2.75) is 44.6 Å². The summed E-state index contributed by atoms with van der Waals surface area (Å²) >= 11 is 5.87. The maximum atomic E-state index is 12.8. The van der Waals surface area contributed by atoms with E-state index in [4.69, 9.17) is 11.6 Å². The number of nitrogens with zero attached hydrogens (tertiary/aromatic N) is 1. The summed E-state index contributed by atoms with van der Waals surface area (Å²) in [6.07, 6.45) is 0. The van der Waals surface area contributed by atoms with E-state index in [1.165, 1.54) is 0 Å². The number of sulfonamides is 1. The molecule has 1 aliphatic heterocycles. The normalized spacial score (nSPS) is 15.7. The van der Waals surface area contributed by atoms with Gasteiger partial charge in [-0.05, 0) is 41.5 Å². The maximum Gasteiger partial charge on any atom is 0.240 e. The summed E-state index contributed by atoms with van der Waals surface area (Å²) < 4.78 is 28.2. The third-order valence-electron chi connectivity index (χ3n) is 4.99. The number of halogens is 1. The number of nitrogens with one attached hydrogen (secondary N) is 1. The van der Waals surface area contributed by atoms with Crippen LogP contribution in [-0.2, 0) is 26.8 Å². The van der Waals surface area contributed by atoms with E-state index in [2.05, 4.69) is 4.72 Å². The number of hydrogen-bond donors (Lipinski definition) is 1. The second-order valence-corrected chi connectivity index (χ2v) is 10.3. The molecule has 0 radical (unpaired) electrons. The molecule has 1 N–H and O–H groups in total. The molecule has 2 aromatic carbocycles. The van der Waals surface area contributed by atoms with E-state index < -0.39 is 10.0 Å². The number of amides is 1. The van der Waals surface area contributed by atoms with Gasteiger partial charge in [-0.3, -0.25) is 4.79 Å². The summed E-state index contributed by atoms with van der Waals surface area (Å²) in [5, 5.41) is 0.605. The molecule has 1 heterocycles. The largest absolute Gasteiger partial charge is 0.311 e. The van der Waals surface area contributed by atoms with Gasteiger partial charge in [-0.2, -0.15) is 0 Å². The average molecular weight is 421 g/mol. The van der Waals surface area contributed by atoms with Crippen molar-refractivity contribution in [1.82, 2.24) is 4.72 Å². The highest BCUT2D eigenvalue weighted by Gasteiger charge is 2.39. The van der Waals surface area contributed by atoms with E-state index in [0.29, 0.717) is 11.6 Å². The molecule has 0 unspecified atom stereocenters. The molecule has 0 spiro atoms. The highest BCUT2D eigenvalue weighted by atomic mass is 35.5. The van der Waals surface area contributed by atoms with Crippen LogP contribution in [0, 0.1) is 5.92 Å². The minimum Gasteiger partial charge on any atom is -0.311 e. The molecule has 7 heteroatoms. The molecular formula is C21H25ClN2O3S. The lowest BCUT2D eigenvalue weighted by atomic mass is 9.87. The lowest BCUT2D eigenvalue weighted by Gasteiger charge is -2.22.